The van der Waals surface area contributed by atoms with Crippen LogP contribution in [-0.2, 0) is 4.74 Å². The van der Waals surface area contributed by atoms with E-state index in [0.29, 0.717) is 24.8 Å². The zero-order valence-electron chi connectivity index (χ0n) is 11.6. The Morgan fingerprint density at radius 1 is 1.40 bits per heavy atom. The Morgan fingerprint density at radius 3 is 2.90 bits per heavy atom. The first-order chi connectivity index (χ1) is 9.59. The lowest BCUT2D eigenvalue weighted by molar-refractivity contribution is 0.0667. The van der Waals surface area contributed by atoms with Gasteiger partial charge in [-0.2, -0.15) is 4.98 Å². The van der Waals surface area contributed by atoms with Gasteiger partial charge in [-0.25, -0.2) is 4.79 Å². The SMILES string of the molecule is CC(C)COCCOc1nc2ccccn2c1C(=O)O. The fraction of sp³-hybridized carbons (Fsp3) is 0.429. The van der Waals surface area contributed by atoms with E-state index in [1.807, 2.05) is 0 Å². The summed E-state index contributed by atoms with van der Waals surface area (Å²) in [6.07, 6.45) is 1.65. The van der Waals surface area contributed by atoms with Gasteiger partial charge in [0.2, 0.25) is 5.88 Å². The maximum Gasteiger partial charge on any atom is 0.358 e. The minimum absolute atomic E-state index is 0.0319. The molecule has 20 heavy (non-hydrogen) atoms. The highest BCUT2D eigenvalue weighted by Gasteiger charge is 2.19. The summed E-state index contributed by atoms with van der Waals surface area (Å²) in [5.41, 5.74) is 0.576. The van der Waals surface area contributed by atoms with Crippen LogP contribution in [0.3, 0.4) is 0 Å². The van der Waals surface area contributed by atoms with E-state index in [1.165, 1.54) is 4.40 Å². The number of ether oxygens (including phenoxy) is 2. The van der Waals surface area contributed by atoms with Gasteiger partial charge in [0.15, 0.2) is 5.69 Å². The number of nitrogens with zero attached hydrogens (tertiary/aromatic N) is 2. The first-order valence-electron chi connectivity index (χ1n) is 6.50. The number of rotatable bonds is 7. The molecule has 2 aromatic heterocycles. The van der Waals surface area contributed by atoms with E-state index < -0.39 is 5.97 Å². The van der Waals surface area contributed by atoms with Crippen LogP contribution in [0, 0.1) is 5.92 Å². The quantitative estimate of drug-likeness (QED) is 0.785. The highest BCUT2D eigenvalue weighted by molar-refractivity contribution is 5.89. The molecule has 0 bridgehead atoms. The predicted octanol–water partition coefficient (Wildman–Crippen LogP) is 2.08. The average molecular weight is 278 g/mol. The van der Waals surface area contributed by atoms with Crippen LogP contribution in [0.2, 0.25) is 0 Å². The summed E-state index contributed by atoms with van der Waals surface area (Å²) in [5.74, 6) is -0.488. The number of imidazole rings is 1. The number of carbonyl (C=O) groups is 1. The highest BCUT2D eigenvalue weighted by Crippen LogP contribution is 2.19. The molecule has 0 aliphatic carbocycles. The van der Waals surface area contributed by atoms with Crippen LogP contribution >= 0.6 is 0 Å². The molecule has 0 saturated heterocycles. The van der Waals surface area contributed by atoms with Crippen LogP contribution in [0.15, 0.2) is 24.4 Å². The number of pyridine rings is 1. The first-order valence-corrected chi connectivity index (χ1v) is 6.50. The molecule has 0 radical (unpaired) electrons. The lowest BCUT2D eigenvalue weighted by atomic mass is 10.2. The summed E-state index contributed by atoms with van der Waals surface area (Å²) in [4.78, 5) is 15.5. The van der Waals surface area contributed by atoms with Gasteiger partial charge in [-0.05, 0) is 18.1 Å². The molecule has 0 unspecified atom stereocenters. The van der Waals surface area contributed by atoms with Gasteiger partial charge in [-0.3, -0.25) is 4.40 Å². The van der Waals surface area contributed by atoms with Crippen molar-refractivity contribution in [3.8, 4) is 5.88 Å². The van der Waals surface area contributed by atoms with E-state index in [4.69, 9.17) is 9.47 Å². The lowest BCUT2D eigenvalue weighted by Crippen LogP contribution is -2.12. The fourth-order valence-electron chi connectivity index (χ4n) is 1.79. The van der Waals surface area contributed by atoms with E-state index in [2.05, 4.69) is 18.8 Å². The molecule has 0 atom stereocenters. The molecule has 0 fully saturated rings. The van der Waals surface area contributed by atoms with Crippen molar-refractivity contribution in [3.05, 3.63) is 30.1 Å². The van der Waals surface area contributed by atoms with Crippen molar-refractivity contribution in [1.29, 1.82) is 0 Å². The summed E-state index contributed by atoms with van der Waals surface area (Å²) < 4.78 is 12.3. The molecular weight excluding hydrogens is 260 g/mol. The molecule has 108 valence electrons. The Morgan fingerprint density at radius 2 is 2.20 bits per heavy atom. The standard InChI is InChI=1S/C14H18N2O4/c1-10(2)9-19-7-8-20-13-12(14(17)18)16-6-4-3-5-11(16)15-13/h3-6,10H,7-9H2,1-2H3,(H,17,18). The van der Waals surface area contributed by atoms with E-state index >= 15 is 0 Å². The third-order valence-electron chi connectivity index (χ3n) is 2.62. The van der Waals surface area contributed by atoms with Gasteiger partial charge in [0, 0.05) is 12.8 Å². The Labute approximate surface area is 117 Å². The lowest BCUT2D eigenvalue weighted by Gasteiger charge is -2.07. The Balaban J connectivity index is 2.06. The second-order valence-corrected chi connectivity index (χ2v) is 4.82. The van der Waals surface area contributed by atoms with Gasteiger partial charge >= 0.3 is 5.97 Å². The Bertz CT molecular complexity index is 592. The second-order valence-electron chi connectivity index (χ2n) is 4.82. The van der Waals surface area contributed by atoms with Crippen molar-refractivity contribution in [3.63, 3.8) is 0 Å². The van der Waals surface area contributed by atoms with Crippen molar-refractivity contribution in [2.45, 2.75) is 13.8 Å². The highest BCUT2D eigenvalue weighted by atomic mass is 16.5. The second kappa shape index (κ2) is 6.38. The summed E-state index contributed by atoms with van der Waals surface area (Å²) in [6.45, 7) is 5.46. The normalized spacial score (nSPS) is 11.2. The number of aromatic carboxylic acids is 1. The number of carboxylic acids is 1. The summed E-state index contributed by atoms with van der Waals surface area (Å²) in [5, 5.41) is 9.26. The minimum Gasteiger partial charge on any atom is -0.476 e. The molecule has 0 amide bonds. The summed E-state index contributed by atoms with van der Waals surface area (Å²) in [6, 6.07) is 5.27. The van der Waals surface area contributed by atoms with E-state index in [1.54, 1.807) is 24.4 Å². The zero-order chi connectivity index (χ0) is 14.5. The number of hydrogen-bond donors (Lipinski definition) is 1. The van der Waals surface area contributed by atoms with E-state index in [0.717, 1.165) is 0 Å². The molecule has 2 heterocycles. The molecular formula is C14H18N2O4. The van der Waals surface area contributed by atoms with Gasteiger partial charge in [0.1, 0.15) is 12.3 Å². The van der Waals surface area contributed by atoms with E-state index in [-0.39, 0.29) is 18.2 Å². The molecule has 6 heteroatoms. The molecule has 0 spiro atoms. The van der Waals surface area contributed by atoms with Gasteiger partial charge in [0.25, 0.3) is 0 Å². The van der Waals surface area contributed by atoms with Crippen molar-refractivity contribution >= 4 is 11.6 Å². The molecule has 0 aliphatic heterocycles. The van der Waals surface area contributed by atoms with Crippen molar-refractivity contribution in [2.75, 3.05) is 19.8 Å². The smallest absolute Gasteiger partial charge is 0.358 e. The molecule has 6 nitrogen and oxygen atoms in total. The topological polar surface area (TPSA) is 73.1 Å². The molecule has 2 rings (SSSR count). The molecule has 0 aromatic carbocycles. The van der Waals surface area contributed by atoms with E-state index in [9.17, 15) is 9.90 Å². The number of hydrogen-bond acceptors (Lipinski definition) is 4. The predicted molar refractivity (Wildman–Crippen MR) is 73.3 cm³/mol. The average Bonchev–Trinajstić information content (AvgIpc) is 2.76. The molecule has 0 aliphatic rings. The van der Waals surface area contributed by atoms with Gasteiger partial charge < -0.3 is 14.6 Å². The third kappa shape index (κ3) is 3.27. The van der Waals surface area contributed by atoms with Crippen LogP contribution < -0.4 is 4.74 Å². The molecule has 1 N–H and O–H groups in total. The molecule has 0 saturated carbocycles. The van der Waals surface area contributed by atoms with Crippen molar-refractivity contribution in [2.24, 2.45) is 5.92 Å². The maximum atomic E-state index is 11.3. The first kappa shape index (κ1) is 14.3. The van der Waals surface area contributed by atoms with Crippen LogP contribution in [-0.4, -0.2) is 40.3 Å². The van der Waals surface area contributed by atoms with Gasteiger partial charge in [0.05, 0.1) is 6.61 Å². The van der Waals surface area contributed by atoms with Crippen LogP contribution in [0.4, 0.5) is 0 Å². The van der Waals surface area contributed by atoms with Gasteiger partial charge in [-0.15, -0.1) is 0 Å². The van der Waals surface area contributed by atoms with Gasteiger partial charge in [-0.1, -0.05) is 19.9 Å². The third-order valence-corrected chi connectivity index (χ3v) is 2.62. The Kier molecular flexibility index (Phi) is 4.57. The number of fused-ring (bicyclic) bond motifs is 1. The maximum absolute atomic E-state index is 11.3. The van der Waals surface area contributed by atoms with Crippen molar-refractivity contribution < 1.29 is 19.4 Å². The van der Waals surface area contributed by atoms with Crippen LogP contribution in [0.1, 0.15) is 24.3 Å². The Hall–Kier alpha value is -2.08. The monoisotopic (exact) mass is 278 g/mol. The number of carboxylic acid groups (broad SMARTS) is 1. The fourth-order valence-corrected chi connectivity index (χ4v) is 1.79. The van der Waals surface area contributed by atoms with Crippen molar-refractivity contribution in [1.82, 2.24) is 9.38 Å². The largest absolute Gasteiger partial charge is 0.476 e. The molecule has 2 aromatic rings. The minimum atomic E-state index is -1.07. The number of aromatic nitrogens is 2. The zero-order valence-corrected chi connectivity index (χ0v) is 11.6. The van der Waals surface area contributed by atoms with Crippen LogP contribution in [0.5, 0.6) is 5.88 Å². The van der Waals surface area contributed by atoms with Crippen LogP contribution in [0.25, 0.3) is 5.65 Å². The summed E-state index contributed by atoms with van der Waals surface area (Å²) in [7, 11) is 0. The summed E-state index contributed by atoms with van der Waals surface area (Å²) >= 11 is 0.